The van der Waals surface area contributed by atoms with Gasteiger partial charge < -0.3 is 15.1 Å². The van der Waals surface area contributed by atoms with Crippen LogP contribution in [0.25, 0.3) is 0 Å². The molecule has 2 saturated heterocycles. The number of benzene rings is 1. The summed E-state index contributed by atoms with van der Waals surface area (Å²) in [6, 6.07) is 8.12. The van der Waals surface area contributed by atoms with E-state index in [2.05, 4.69) is 31.3 Å². The minimum atomic E-state index is -0.196. The smallest absolute Gasteiger partial charge is 0.228 e. The fourth-order valence-corrected chi connectivity index (χ4v) is 4.00. The van der Waals surface area contributed by atoms with Crippen molar-refractivity contribution in [3.05, 3.63) is 29.8 Å². The lowest BCUT2D eigenvalue weighted by atomic mass is 9.95. The predicted molar refractivity (Wildman–Crippen MR) is 104 cm³/mol. The van der Waals surface area contributed by atoms with E-state index in [-0.39, 0.29) is 17.7 Å². The van der Waals surface area contributed by atoms with Crippen molar-refractivity contribution >= 4 is 17.5 Å². The Morgan fingerprint density at radius 3 is 2.46 bits per heavy atom. The first kappa shape index (κ1) is 18.9. The highest BCUT2D eigenvalue weighted by atomic mass is 16.2. The quantitative estimate of drug-likeness (QED) is 0.851. The van der Waals surface area contributed by atoms with Crippen LogP contribution in [0.4, 0.5) is 5.69 Å². The number of carbonyl (C=O) groups excluding carboxylic acids is 2. The summed E-state index contributed by atoms with van der Waals surface area (Å²) in [4.78, 5) is 29.1. The summed E-state index contributed by atoms with van der Waals surface area (Å²) < 4.78 is 0. The van der Waals surface area contributed by atoms with Gasteiger partial charge >= 0.3 is 0 Å². The molecule has 0 saturated carbocycles. The summed E-state index contributed by atoms with van der Waals surface area (Å²) in [6.45, 7) is 8.44. The zero-order valence-corrected chi connectivity index (χ0v) is 16.0. The van der Waals surface area contributed by atoms with E-state index in [1.54, 1.807) is 4.90 Å². The number of likely N-dealkylation sites (tertiary alicyclic amines) is 1. The lowest BCUT2D eigenvalue weighted by molar-refractivity contribution is -0.137. The molecule has 26 heavy (non-hydrogen) atoms. The van der Waals surface area contributed by atoms with Crippen molar-refractivity contribution in [2.24, 2.45) is 11.8 Å². The van der Waals surface area contributed by atoms with Crippen molar-refractivity contribution in [3.8, 4) is 0 Å². The van der Waals surface area contributed by atoms with E-state index in [9.17, 15) is 9.59 Å². The third-order valence-corrected chi connectivity index (χ3v) is 5.74. The maximum absolute atomic E-state index is 12.9. The van der Waals surface area contributed by atoms with Crippen LogP contribution in [0.2, 0.25) is 0 Å². The Bertz CT molecular complexity index is 621. The molecule has 1 unspecified atom stereocenters. The summed E-state index contributed by atoms with van der Waals surface area (Å²) in [7, 11) is 0. The SMILES string of the molecule is CCNCC1CCN(C(=O)C2CC(=O)N(c3ccc(CC)cc3)C2)CC1. The van der Waals surface area contributed by atoms with Gasteiger partial charge in [-0.2, -0.15) is 0 Å². The van der Waals surface area contributed by atoms with Gasteiger partial charge in [-0.15, -0.1) is 0 Å². The van der Waals surface area contributed by atoms with Crippen LogP contribution >= 0.6 is 0 Å². The highest BCUT2D eigenvalue weighted by molar-refractivity contribution is 6.00. The molecule has 2 aliphatic rings. The zero-order valence-electron chi connectivity index (χ0n) is 16.0. The van der Waals surface area contributed by atoms with Gasteiger partial charge in [0.25, 0.3) is 0 Å². The molecule has 1 atom stereocenters. The third-order valence-electron chi connectivity index (χ3n) is 5.74. The zero-order chi connectivity index (χ0) is 18.5. The Morgan fingerprint density at radius 2 is 1.85 bits per heavy atom. The number of hydrogen-bond acceptors (Lipinski definition) is 3. The van der Waals surface area contributed by atoms with Gasteiger partial charge in [0, 0.05) is 31.7 Å². The van der Waals surface area contributed by atoms with Gasteiger partial charge in [0.2, 0.25) is 11.8 Å². The van der Waals surface area contributed by atoms with Gasteiger partial charge in [-0.3, -0.25) is 9.59 Å². The molecule has 0 aliphatic carbocycles. The molecular weight excluding hydrogens is 326 g/mol. The largest absolute Gasteiger partial charge is 0.342 e. The van der Waals surface area contributed by atoms with E-state index < -0.39 is 0 Å². The number of piperidine rings is 1. The highest BCUT2D eigenvalue weighted by Gasteiger charge is 2.38. The number of nitrogens with zero attached hydrogens (tertiary/aromatic N) is 2. The molecule has 0 radical (unpaired) electrons. The summed E-state index contributed by atoms with van der Waals surface area (Å²) >= 11 is 0. The van der Waals surface area contributed by atoms with Gasteiger partial charge in [0.1, 0.15) is 0 Å². The van der Waals surface area contributed by atoms with E-state index in [0.717, 1.165) is 51.1 Å². The minimum absolute atomic E-state index is 0.0645. The van der Waals surface area contributed by atoms with Crippen molar-refractivity contribution in [2.75, 3.05) is 37.6 Å². The number of carbonyl (C=O) groups is 2. The molecule has 3 rings (SSSR count). The maximum atomic E-state index is 12.9. The molecule has 0 spiro atoms. The van der Waals surface area contributed by atoms with Crippen molar-refractivity contribution < 1.29 is 9.59 Å². The summed E-state index contributed by atoms with van der Waals surface area (Å²) in [5, 5.41) is 3.40. The Morgan fingerprint density at radius 1 is 1.15 bits per heavy atom. The van der Waals surface area contributed by atoms with Crippen molar-refractivity contribution in [3.63, 3.8) is 0 Å². The fraction of sp³-hybridized carbons (Fsp3) is 0.619. The molecule has 1 aromatic carbocycles. The first-order valence-electron chi connectivity index (χ1n) is 10.0. The fourth-order valence-electron chi connectivity index (χ4n) is 4.00. The van der Waals surface area contributed by atoms with Gasteiger partial charge in [-0.05, 0) is 56.0 Å². The van der Waals surface area contributed by atoms with Crippen LogP contribution in [0.1, 0.15) is 38.7 Å². The Hall–Kier alpha value is -1.88. The number of rotatable bonds is 6. The second-order valence-corrected chi connectivity index (χ2v) is 7.50. The number of anilines is 1. The maximum Gasteiger partial charge on any atom is 0.228 e. The lowest BCUT2D eigenvalue weighted by Gasteiger charge is -2.33. The van der Waals surface area contributed by atoms with E-state index >= 15 is 0 Å². The molecular formula is C21H31N3O2. The Kier molecular flexibility index (Phi) is 6.30. The average Bonchev–Trinajstić information content (AvgIpc) is 3.08. The van der Waals surface area contributed by atoms with Gasteiger partial charge in [0.05, 0.1) is 5.92 Å². The average molecular weight is 357 g/mol. The molecule has 5 heteroatoms. The van der Waals surface area contributed by atoms with Crippen LogP contribution in [0.3, 0.4) is 0 Å². The van der Waals surface area contributed by atoms with Crippen molar-refractivity contribution in [1.29, 1.82) is 0 Å². The van der Waals surface area contributed by atoms with Crippen LogP contribution in [0, 0.1) is 11.8 Å². The van der Waals surface area contributed by atoms with Crippen molar-refractivity contribution in [2.45, 2.75) is 39.5 Å². The molecule has 142 valence electrons. The van der Waals surface area contributed by atoms with E-state index in [1.807, 2.05) is 17.0 Å². The first-order valence-corrected chi connectivity index (χ1v) is 10.0. The number of nitrogens with one attached hydrogen (secondary N) is 1. The normalized spacial score (nSPS) is 21.5. The minimum Gasteiger partial charge on any atom is -0.342 e. The van der Waals surface area contributed by atoms with E-state index in [1.165, 1.54) is 5.56 Å². The molecule has 1 aromatic rings. The second kappa shape index (κ2) is 8.67. The standard InChI is InChI=1S/C21H31N3O2/c1-3-16-5-7-19(8-6-16)24-15-18(13-20(24)25)21(26)23-11-9-17(10-12-23)14-22-4-2/h5-8,17-18,22H,3-4,9-15H2,1-2H3. The Labute approximate surface area is 156 Å². The monoisotopic (exact) mass is 357 g/mol. The lowest BCUT2D eigenvalue weighted by Crippen LogP contribution is -2.44. The summed E-state index contributed by atoms with van der Waals surface area (Å²) in [5.74, 6) is 0.694. The molecule has 2 heterocycles. The summed E-state index contributed by atoms with van der Waals surface area (Å²) in [5.41, 5.74) is 2.17. The van der Waals surface area contributed by atoms with Crippen LogP contribution in [0.5, 0.6) is 0 Å². The number of hydrogen-bond donors (Lipinski definition) is 1. The van der Waals surface area contributed by atoms with Gasteiger partial charge in [-0.1, -0.05) is 26.0 Å². The predicted octanol–water partition coefficient (Wildman–Crippen LogP) is 2.45. The molecule has 0 aromatic heterocycles. The summed E-state index contributed by atoms with van der Waals surface area (Å²) in [6.07, 6.45) is 3.44. The molecule has 0 bridgehead atoms. The Balaban J connectivity index is 1.55. The van der Waals surface area contributed by atoms with Crippen LogP contribution in [0.15, 0.2) is 24.3 Å². The van der Waals surface area contributed by atoms with Crippen LogP contribution in [-0.4, -0.2) is 49.4 Å². The van der Waals surface area contributed by atoms with Crippen LogP contribution in [-0.2, 0) is 16.0 Å². The third kappa shape index (κ3) is 4.26. The second-order valence-electron chi connectivity index (χ2n) is 7.50. The number of aryl methyl sites for hydroxylation is 1. The van der Waals surface area contributed by atoms with E-state index in [4.69, 9.17) is 0 Å². The number of amides is 2. The highest BCUT2D eigenvalue weighted by Crippen LogP contribution is 2.28. The first-order chi connectivity index (χ1) is 12.6. The van der Waals surface area contributed by atoms with Gasteiger partial charge in [0.15, 0.2) is 0 Å². The van der Waals surface area contributed by atoms with Crippen LogP contribution < -0.4 is 10.2 Å². The topological polar surface area (TPSA) is 52.7 Å². The molecule has 2 amide bonds. The van der Waals surface area contributed by atoms with E-state index in [0.29, 0.717) is 18.9 Å². The van der Waals surface area contributed by atoms with Gasteiger partial charge in [-0.25, -0.2) is 0 Å². The molecule has 2 aliphatic heterocycles. The molecule has 1 N–H and O–H groups in total. The molecule has 2 fully saturated rings. The van der Waals surface area contributed by atoms with Crippen molar-refractivity contribution in [1.82, 2.24) is 10.2 Å². The molecule has 5 nitrogen and oxygen atoms in total.